The zero-order chi connectivity index (χ0) is 23.7. The molecule has 1 aromatic heterocycles. The molecule has 1 aliphatic rings. The van der Waals surface area contributed by atoms with E-state index >= 15 is 0 Å². The molecule has 0 saturated heterocycles. The number of hydrogen-bond acceptors (Lipinski definition) is 7. The number of benzene rings is 2. The Labute approximate surface area is 198 Å². The molecule has 0 radical (unpaired) electrons. The van der Waals surface area contributed by atoms with Gasteiger partial charge >= 0.3 is 0 Å². The highest BCUT2D eigenvalue weighted by molar-refractivity contribution is 9.10. The standard InChI is InChI=1S/C24H22BrNO7/c1-30-9-8-26-21(13-4-6-17(31-2)18(11-13)32-3)20(23(28)24(26)29)22(27)19-12-14-10-15(25)5-7-16(14)33-19/h4-7,10-12,21,28H,8-9H2,1-3H3. The van der Waals surface area contributed by atoms with E-state index in [4.69, 9.17) is 18.6 Å². The number of Topliss-reactive ketones (excluding diaryl/α,β-unsaturated/α-hetero) is 1. The minimum atomic E-state index is -0.861. The Kier molecular flexibility index (Phi) is 6.44. The Hall–Kier alpha value is -3.30. The van der Waals surface area contributed by atoms with E-state index in [0.29, 0.717) is 22.6 Å². The number of carbonyl (C=O) groups excluding carboxylic acids is 2. The second-order valence-electron chi connectivity index (χ2n) is 7.39. The zero-order valence-corrected chi connectivity index (χ0v) is 19.8. The largest absolute Gasteiger partial charge is 0.503 e. The fourth-order valence-corrected chi connectivity index (χ4v) is 4.31. The van der Waals surface area contributed by atoms with Gasteiger partial charge in [-0.15, -0.1) is 0 Å². The van der Waals surface area contributed by atoms with E-state index in [2.05, 4.69) is 15.9 Å². The van der Waals surface area contributed by atoms with Crippen LogP contribution in [0.1, 0.15) is 22.2 Å². The SMILES string of the molecule is COCCN1C(=O)C(O)=C(C(=O)c2cc3cc(Br)ccc3o2)C1c1ccc(OC)c(OC)c1. The van der Waals surface area contributed by atoms with Gasteiger partial charge in [0.25, 0.3) is 5.91 Å². The summed E-state index contributed by atoms with van der Waals surface area (Å²) in [5.41, 5.74) is 1.02. The van der Waals surface area contributed by atoms with Crippen LogP contribution < -0.4 is 9.47 Å². The molecular weight excluding hydrogens is 494 g/mol. The molecule has 8 nitrogen and oxygen atoms in total. The third kappa shape index (κ3) is 4.09. The van der Waals surface area contributed by atoms with E-state index in [0.717, 1.165) is 9.86 Å². The van der Waals surface area contributed by atoms with Gasteiger partial charge in [0, 0.05) is 23.5 Å². The Bertz CT molecular complexity index is 1260. The zero-order valence-electron chi connectivity index (χ0n) is 18.3. The number of amides is 1. The maximum atomic E-state index is 13.5. The molecule has 0 aliphatic carbocycles. The van der Waals surface area contributed by atoms with E-state index in [-0.39, 0.29) is 24.5 Å². The van der Waals surface area contributed by atoms with Crippen molar-refractivity contribution in [2.75, 3.05) is 34.5 Å². The first-order chi connectivity index (χ1) is 15.9. The number of hydrogen-bond donors (Lipinski definition) is 1. The number of furan rings is 1. The minimum Gasteiger partial charge on any atom is -0.503 e. The third-order valence-electron chi connectivity index (χ3n) is 5.51. The van der Waals surface area contributed by atoms with Crippen molar-refractivity contribution in [1.29, 1.82) is 0 Å². The molecular formula is C24H22BrNO7. The number of carbonyl (C=O) groups is 2. The van der Waals surface area contributed by atoms with Crippen molar-refractivity contribution in [2.24, 2.45) is 0 Å². The van der Waals surface area contributed by atoms with Gasteiger partial charge < -0.3 is 28.6 Å². The van der Waals surface area contributed by atoms with Crippen LogP contribution in [0.15, 0.2) is 62.7 Å². The van der Waals surface area contributed by atoms with Crippen molar-refractivity contribution in [1.82, 2.24) is 4.90 Å². The number of fused-ring (bicyclic) bond motifs is 1. The molecule has 0 spiro atoms. The number of rotatable bonds is 8. The molecule has 0 fully saturated rings. The number of halogens is 1. The lowest BCUT2D eigenvalue weighted by Crippen LogP contribution is -2.34. The van der Waals surface area contributed by atoms with Crippen LogP contribution in [0, 0.1) is 0 Å². The molecule has 1 N–H and O–H groups in total. The molecule has 3 aromatic rings. The lowest BCUT2D eigenvalue weighted by atomic mass is 9.94. The van der Waals surface area contributed by atoms with E-state index in [1.807, 2.05) is 6.07 Å². The molecule has 9 heteroatoms. The molecule has 0 bridgehead atoms. The molecule has 2 heterocycles. The van der Waals surface area contributed by atoms with Crippen LogP contribution >= 0.6 is 15.9 Å². The van der Waals surface area contributed by atoms with Crippen LogP contribution in [0.25, 0.3) is 11.0 Å². The van der Waals surface area contributed by atoms with Gasteiger partial charge in [-0.25, -0.2) is 0 Å². The summed E-state index contributed by atoms with van der Waals surface area (Å²) in [5, 5.41) is 11.5. The van der Waals surface area contributed by atoms with Gasteiger partial charge in [-0.1, -0.05) is 22.0 Å². The van der Waals surface area contributed by atoms with E-state index in [1.54, 1.807) is 36.4 Å². The number of aliphatic hydroxyl groups is 1. The number of methoxy groups -OCH3 is 3. The highest BCUT2D eigenvalue weighted by Crippen LogP contribution is 2.42. The number of ketones is 1. The maximum absolute atomic E-state index is 13.5. The average Bonchev–Trinajstić information content (AvgIpc) is 3.35. The summed E-state index contributed by atoms with van der Waals surface area (Å²) >= 11 is 3.40. The van der Waals surface area contributed by atoms with Crippen LogP contribution in [0.2, 0.25) is 0 Å². The maximum Gasteiger partial charge on any atom is 0.290 e. The van der Waals surface area contributed by atoms with Gasteiger partial charge in [-0.2, -0.15) is 0 Å². The summed E-state index contributed by atoms with van der Waals surface area (Å²) in [6.07, 6.45) is 0. The first kappa shape index (κ1) is 22.9. The molecule has 4 rings (SSSR count). The Morgan fingerprint density at radius 2 is 1.85 bits per heavy atom. The first-order valence-corrected chi connectivity index (χ1v) is 10.9. The van der Waals surface area contributed by atoms with E-state index in [9.17, 15) is 14.7 Å². The number of nitrogens with zero attached hydrogens (tertiary/aromatic N) is 1. The second-order valence-corrected chi connectivity index (χ2v) is 8.31. The van der Waals surface area contributed by atoms with Crippen molar-refractivity contribution < 1.29 is 33.3 Å². The topological polar surface area (TPSA) is 98.4 Å². The first-order valence-electron chi connectivity index (χ1n) is 10.1. The van der Waals surface area contributed by atoms with Crippen LogP contribution in [-0.2, 0) is 9.53 Å². The predicted octanol–water partition coefficient (Wildman–Crippen LogP) is 4.44. The summed E-state index contributed by atoms with van der Waals surface area (Å²) < 4.78 is 22.4. The second kappa shape index (κ2) is 9.29. The average molecular weight is 516 g/mol. The van der Waals surface area contributed by atoms with Crippen LogP contribution in [0.4, 0.5) is 0 Å². The van der Waals surface area contributed by atoms with Crippen molar-refractivity contribution in [3.63, 3.8) is 0 Å². The normalized spacial score (nSPS) is 16.1. The molecule has 172 valence electrons. The van der Waals surface area contributed by atoms with Gasteiger partial charge in [0.15, 0.2) is 23.0 Å². The molecule has 0 saturated carbocycles. The minimum absolute atomic E-state index is 0.0246. The van der Waals surface area contributed by atoms with E-state index in [1.165, 1.54) is 26.2 Å². The Balaban J connectivity index is 1.82. The quantitative estimate of drug-likeness (QED) is 0.442. The van der Waals surface area contributed by atoms with Crippen molar-refractivity contribution in [2.45, 2.75) is 6.04 Å². The number of aliphatic hydroxyl groups excluding tert-OH is 1. The lowest BCUT2D eigenvalue weighted by Gasteiger charge is -2.27. The molecule has 1 amide bonds. The molecule has 2 aromatic carbocycles. The highest BCUT2D eigenvalue weighted by Gasteiger charge is 2.44. The smallest absolute Gasteiger partial charge is 0.290 e. The predicted molar refractivity (Wildman–Crippen MR) is 124 cm³/mol. The monoisotopic (exact) mass is 515 g/mol. The van der Waals surface area contributed by atoms with Gasteiger partial charge in [0.05, 0.1) is 32.4 Å². The van der Waals surface area contributed by atoms with Gasteiger partial charge in [0.1, 0.15) is 5.58 Å². The van der Waals surface area contributed by atoms with Gasteiger partial charge in [-0.05, 0) is 42.0 Å². The van der Waals surface area contributed by atoms with Crippen LogP contribution in [-0.4, -0.2) is 56.2 Å². The number of ether oxygens (including phenoxy) is 3. The van der Waals surface area contributed by atoms with Crippen molar-refractivity contribution in [3.8, 4) is 11.5 Å². The summed E-state index contributed by atoms with van der Waals surface area (Å²) in [5.74, 6) is -0.894. The third-order valence-corrected chi connectivity index (χ3v) is 6.00. The molecule has 1 aliphatic heterocycles. The van der Waals surface area contributed by atoms with Crippen molar-refractivity contribution >= 4 is 38.6 Å². The highest BCUT2D eigenvalue weighted by atomic mass is 79.9. The molecule has 33 heavy (non-hydrogen) atoms. The summed E-state index contributed by atoms with van der Waals surface area (Å²) in [7, 11) is 4.52. The van der Waals surface area contributed by atoms with E-state index < -0.39 is 23.5 Å². The Morgan fingerprint density at radius 3 is 2.55 bits per heavy atom. The fraction of sp³-hybridized carbons (Fsp3) is 0.250. The molecule has 1 unspecified atom stereocenters. The fourth-order valence-electron chi connectivity index (χ4n) is 3.93. The summed E-state index contributed by atoms with van der Waals surface area (Å²) in [4.78, 5) is 27.9. The molecule has 1 atom stereocenters. The van der Waals surface area contributed by atoms with Crippen molar-refractivity contribution in [3.05, 3.63) is 69.6 Å². The van der Waals surface area contributed by atoms with Crippen LogP contribution in [0.3, 0.4) is 0 Å². The summed E-state index contributed by atoms with van der Waals surface area (Å²) in [6, 6.07) is 11.2. The Morgan fingerprint density at radius 1 is 1.09 bits per heavy atom. The van der Waals surface area contributed by atoms with Gasteiger partial charge in [-0.3, -0.25) is 9.59 Å². The lowest BCUT2D eigenvalue weighted by molar-refractivity contribution is -0.130. The van der Waals surface area contributed by atoms with Crippen LogP contribution in [0.5, 0.6) is 11.5 Å². The van der Waals surface area contributed by atoms with Gasteiger partial charge in [0.2, 0.25) is 5.78 Å². The summed E-state index contributed by atoms with van der Waals surface area (Å²) in [6.45, 7) is 0.394.